The van der Waals surface area contributed by atoms with Gasteiger partial charge in [0.25, 0.3) is 0 Å². The second-order valence-electron chi connectivity index (χ2n) is 7.62. The first kappa shape index (κ1) is 24.2. The molecule has 0 saturated carbocycles. The van der Waals surface area contributed by atoms with Gasteiger partial charge < -0.3 is 14.2 Å². The van der Waals surface area contributed by atoms with Crippen LogP contribution in [0.4, 0.5) is 4.79 Å². The molecule has 0 aliphatic carbocycles. The zero-order chi connectivity index (χ0) is 23.0. The van der Waals surface area contributed by atoms with Gasteiger partial charge >= 0.3 is 12.1 Å². The summed E-state index contributed by atoms with van der Waals surface area (Å²) in [6.07, 6.45) is -0.375. The van der Waals surface area contributed by atoms with Gasteiger partial charge in [-0.25, -0.2) is 9.69 Å². The van der Waals surface area contributed by atoms with Gasteiger partial charge in [-0.15, -0.1) is 0 Å². The number of hydrogen-bond donors (Lipinski definition) is 0. The average Bonchev–Trinajstić information content (AvgIpc) is 2.73. The normalized spacial score (nSPS) is 11.8. The third-order valence-electron chi connectivity index (χ3n) is 4.86. The van der Waals surface area contributed by atoms with Crippen LogP contribution in [0.25, 0.3) is 10.8 Å². The predicted molar refractivity (Wildman–Crippen MR) is 118 cm³/mol. The number of benzene rings is 2. The lowest BCUT2D eigenvalue weighted by atomic mass is 10.0. The molecule has 168 valence electrons. The highest BCUT2D eigenvalue weighted by Gasteiger charge is 2.26. The number of fused-ring (bicyclic) bond motifs is 1. The third-order valence-corrected chi connectivity index (χ3v) is 4.86. The SMILES string of the molecule is CCCC(OC(=O)C(C)C)OC(=O)N(CCc1cccc2ccc(OC)cc12)C(C)=O. The molecule has 0 aliphatic rings. The van der Waals surface area contributed by atoms with Crippen LogP contribution < -0.4 is 4.74 Å². The standard InChI is InChI=1S/C24H31NO6/c1-6-8-22(30-23(27)16(2)3)31-24(28)25(17(4)26)14-13-19-10-7-9-18-11-12-20(29-5)15-21(18)19/h7,9-12,15-16,22H,6,8,13-14H2,1-5H3. The lowest BCUT2D eigenvalue weighted by Crippen LogP contribution is -2.40. The minimum Gasteiger partial charge on any atom is -0.497 e. The highest BCUT2D eigenvalue weighted by Crippen LogP contribution is 2.24. The average molecular weight is 430 g/mol. The highest BCUT2D eigenvalue weighted by molar-refractivity contribution is 5.91. The number of hydrogen-bond acceptors (Lipinski definition) is 6. The molecule has 2 amide bonds. The number of nitrogens with zero attached hydrogens (tertiary/aromatic N) is 1. The van der Waals surface area contributed by atoms with E-state index >= 15 is 0 Å². The second-order valence-corrected chi connectivity index (χ2v) is 7.62. The van der Waals surface area contributed by atoms with Crippen molar-refractivity contribution in [3.8, 4) is 5.75 Å². The number of methoxy groups -OCH3 is 1. The number of carbonyl (C=O) groups excluding carboxylic acids is 3. The van der Waals surface area contributed by atoms with Crippen LogP contribution in [0.5, 0.6) is 5.75 Å². The van der Waals surface area contributed by atoms with Crippen molar-refractivity contribution in [3.05, 3.63) is 42.0 Å². The third kappa shape index (κ3) is 6.70. The number of esters is 1. The van der Waals surface area contributed by atoms with Gasteiger partial charge in [-0.05, 0) is 41.3 Å². The number of imide groups is 1. The van der Waals surface area contributed by atoms with Gasteiger partial charge in [-0.3, -0.25) is 9.59 Å². The molecule has 0 spiro atoms. The predicted octanol–water partition coefficient (Wildman–Crippen LogP) is 4.70. The van der Waals surface area contributed by atoms with E-state index in [0.717, 1.165) is 27.0 Å². The molecule has 0 heterocycles. The van der Waals surface area contributed by atoms with E-state index in [-0.39, 0.29) is 12.5 Å². The van der Waals surface area contributed by atoms with Gasteiger partial charge in [0.15, 0.2) is 0 Å². The Hall–Kier alpha value is -3.09. The van der Waals surface area contributed by atoms with Crippen molar-refractivity contribution in [3.63, 3.8) is 0 Å². The number of carbonyl (C=O) groups is 3. The molecule has 0 N–H and O–H groups in total. The fourth-order valence-electron chi connectivity index (χ4n) is 3.09. The van der Waals surface area contributed by atoms with Gasteiger partial charge in [-0.1, -0.05) is 45.0 Å². The molecule has 1 atom stereocenters. The van der Waals surface area contributed by atoms with E-state index in [9.17, 15) is 14.4 Å². The number of rotatable bonds is 9. The maximum Gasteiger partial charge on any atom is 0.419 e. The Balaban J connectivity index is 2.13. The fourth-order valence-corrected chi connectivity index (χ4v) is 3.09. The van der Waals surface area contributed by atoms with E-state index in [1.807, 2.05) is 43.3 Å². The summed E-state index contributed by atoms with van der Waals surface area (Å²) in [5, 5.41) is 2.03. The highest BCUT2D eigenvalue weighted by atomic mass is 16.7. The van der Waals surface area contributed by atoms with Crippen molar-refractivity contribution in [2.45, 2.75) is 53.2 Å². The Morgan fingerprint density at radius 3 is 2.42 bits per heavy atom. The lowest BCUT2D eigenvalue weighted by Gasteiger charge is -2.24. The molecule has 7 heteroatoms. The molecule has 1 unspecified atom stereocenters. The van der Waals surface area contributed by atoms with Gasteiger partial charge in [-0.2, -0.15) is 0 Å². The van der Waals surface area contributed by atoms with E-state index in [1.54, 1.807) is 21.0 Å². The Labute approximate surface area is 183 Å². The van der Waals surface area contributed by atoms with Crippen molar-refractivity contribution < 1.29 is 28.6 Å². The minimum absolute atomic E-state index is 0.140. The van der Waals surface area contributed by atoms with Crippen molar-refractivity contribution >= 4 is 28.7 Å². The molecule has 2 rings (SSSR count). The van der Waals surface area contributed by atoms with Crippen molar-refractivity contribution in [1.82, 2.24) is 4.90 Å². The molecule has 0 bridgehead atoms. The van der Waals surface area contributed by atoms with Gasteiger partial charge in [0.05, 0.1) is 13.0 Å². The first-order valence-electron chi connectivity index (χ1n) is 10.5. The largest absolute Gasteiger partial charge is 0.497 e. The first-order valence-corrected chi connectivity index (χ1v) is 10.5. The summed E-state index contributed by atoms with van der Waals surface area (Å²) < 4.78 is 15.9. The molecule has 2 aromatic carbocycles. The van der Waals surface area contributed by atoms with Crippen LogP contribution in [0.2, 0.25) is 0 Å². The molecular formula is C24H31NO6. The van der Waals surface area contributed by atoms with E-state index in [0.29, 0.717) is 19.3 Å². The molecule has 0 saturated heterocycles. The van der Waals surface area contributed by atoms with E-state index in [2.05, 4.69) is 0 Å². The van der Waals surface area contributed by atoms with Gasteiger partial charge in [0.2, 0.25) is 12.2 Å². The summed E-state index contributed by atoms with van der Waals surface area (Å²) in [5.74, 6) is -0.499. The van der Waals surface area contributed by atoms with Crippen LogP contribution in [0.1, 0.15) is 46.1 Å². The molecule has 0 radical (unpaired) electrons. The molecule has 7 nitrogen and oxygen atoms in total. The van der Waals surface area contributed by atoms with Crippen LogP contribution >= 0.6 is 0 Å². The maximum absolute atomic E-state index is 12.7. The Bertz CT molecular complexity index is 923. The summed E-state index contributed by atoms with van der Waals surface area (Å²) in [4.78, 5) is 37.7. The molecule has 0 aromatic heterocycles. The van der Waals surface area contributed by atoms with Crippen LogP contribution in [-0.4, -0.2) is 42.8 Å². The maximum atomic E-state index is 12.7. The molecule has 0 aliphatic heterocycles. The zero-order valence-corrected chi connectivity index (χ0v) is 18.8. The number of amides is 2. The van der Waals surface area contributed by atoms with Gasteiger partial charge in [0, 0.05) is 19.9 Å². The first-order chi connectivity index (χ1) is 14.8. The molecule has 2 aromatic rings. The summed E-state index contributed by atoms with van der Waals surface area (Å²) in [7, 11) is 1.61. The zero-order valence-electron chi connectivity index (χ0n) is 18.8. The number of ether oxygens (including phenoxy) is 3. The quantitative estimate of drug-likeness (QED) is 0.424. The minimum atomic E-state index is -1.02. The smallest absolute Gasteiger partial charge is 0.419 e. The summed E-state index contributed by atoms with van der Waals surface area (Å²) in [6, 6.07) is 11.7. The fraction of sp³-hybridized carbons (Fsp3) is 0.458. The van der Waals surface area contributed by atoms with Crippen LogP contribution in [0, 0.1) is 5.92 Å². The van der Waals surface area contributed by atoms with Gasteiger partial charge in [0.1, 0.15) is 5.75 Å². The van der Waals surface area contributed by atoms with Crippen LogP contribution in [0.15, 0.2) is 36.4 Å². The Kier molecular flexibility index (Phi) is 8.85. The van der Waals surface area contributed by atoms with Crippen molar-refractivity contribution in [1.29, 1.82) is 0 Å². The molecule has 0 fully saturated rings. The molecular weight excluding hydrogens is 398 g/mol. The Morgan fingerprint density at radius 2 is 1.81 bits per heavy atom. The summed E-state index contributed by atoms with van der Waals surface area (Å²) in [6.45, 7) is 6.74. The second kappa shape index (κ2) is 11.3. The summed E-state index contributed by atoms with van der Waals surface area (Å²) in [5.41, 5.74) is 0.979. The van der Waals surface area contributed by atoms with E-state index in [4.69, 9.17) is 14.2 Å². The molecule has 31 heavy (non-hydrogen) atoms. The Morgan fingerprint density at radius 1 is 1.06 bits per heavy atom. The van der Waals surface area contributed by atoms with E-state index in [1.165, 1.54) is 6.92 Å². The lowest BCUT2D eigenvalue weighted by molar-refractivity contribution is -0.174. The van der Waals surface area contributed by atoms with Crippen LogP contribution in [-0.2, 0) is 25.5 Å². The monoisotopic (exact) mass is 429 g/mol. The topological polar surface area (TPSA) is 82.1 Å². The van der Waals surface area contributed by atoms with E-state index < -0.39 is 24.3 Å². The van der Waals surface area contributed by atoms with Crippen molar-refractivity contribution in [2.75, 3.05) is 13.7 Å². The van der Waals surface area contributed by atoms with Crippen molar-refractivity contribution in [2.24, 2.45) is 5.92 Å². The van der Waals surface area contributed by atoms with Crippen LogP contribution in [0.3, 0.4) is 0 Å². The summed E-state index contributed by atoms with van der Waals surface area (Å²) >= 11 is 0.